The molecule has 2 rings (SSSR count). The Bertz CT molecular complexity index is 531. The van der Waals surface area contributed by atoms with Crippen molar-refractivity contribution >= 4 is 5.96 Å². The summed E-state index contributed by atoms with van der Waals surface area (Å²) in [6, 6.07) is 4.61. The average molecular weight is 348 g/mol. The Kier molecular flexibility index (Phi) is 7.98. The lowest BCUT2D eigenvalue weighted by molar-refractivity contribution is 0.232. The Hall–Kier alpha value is -1.82. The van der Waals surface area contributed by atoms with Crippen molar-refractivity contribution in [3.05, 3.63) is 23.9 Å². The average Bonchev–Trinajstić information content (AvgIpc) is 3.08. The first-order chi connectivity index (χ1) is 12.2. The fourth-order valence-electron chi connectivity index (χ4n) is 3.29. The van der Waals surface area contributed by atoms with Crippen molar-refractivity contribution in [1.82, 2.24) is 20.1 Å². The molecular formula is C19H33N5O. The number of pyridine rings is 1. The minimum Gasteiger partial charge on any atom is -0.478 e. The normalized spacial score (nSPS) is 18.4. The van der Waals surface area contributed by atoms with Gasteiger partial charge in [-0.15, -0.1) is 0 Å². The molecule has 0 spiro atoms. The van der Waals surface area contributed by atoms with Gasteiger partial charge in [0.25, 0.3) is 0 Å². The minimum absolute atomic E-state index is 0.630. The van der Waals surface area contributed by atoms with Gasteiger partial charge in [0, 0.05) is 45.5 Å². The van der Waals surface area contributed by atoms with Gasteiger partial charge in [-0.3, -0.25) is 9.89 Å². The molecule has 1 fully saturated rings. The second-order valence-corrected chi connectivity index (χ2v) is 6.56. The largest absolute Gasteiger partial charge is 0.478 e. The molecule has 1 aromatic heterocycles. The molecule has 0 amide bonds. The first kappa shape index (κ1) is 19.5. The van der Waals surface area contributed by atoms with E-state index in [-0.39, 0.29) is 0 Å². The quantitative estimate of drug-likeness (QED) is 0.578. The van der Waals surface area contributed by atoms with Gasteiger partial charge in [-0.1, -0.05) is 19.9 Å². The van der Waals surface area contributed by atoms with Crippen LogP contribution in [0.15, 0.2) is 23.3 Å². The van der Waals surface area contributed by atoms with Crippen LogP contribution in [0.3, 0.4) is 0 Å². The molecule has 1 aromatic rings. The van der Waals surface area contributed by atoms with E-state index in [0.717, 1.165) is 31.0 Å². The highest BCUT2D eigenvalue weighted by atomic mass is 16.5. The summed E-state index contributed by atoms with van der Waals surface area (Å²) in [5.74, 6) is 1.61. The molecule has 0 aliphatic carbocycles. The maximum Gasteiger partial charge on any atom is 0.213 e. The summed E-state index contributed by atoms with van der Waals surface area (Å²) in [4.78, 5) is 13.6. The zero-order valence-electron chi connectivity index (χ0n) is 16.2. The zero-order valence-corrected chi connectivity index (χ0v) is 16.2. The van der Waals surface area contributed by atoms with Crippen molar-refractivity contribution in [2.24, 2.45) is 4.99 Å². The van der Waals surface area contributed by atoms with Crippen molar-refractivity contribution in [3.63, 3.8) is 0 Å². The number of nitrogens with one attached hydrogen (secondary N) is 1. The topological polar surface area (TPSA) is 53.0 Å². The molecule has 2 heterocycles. The molecule has 0 saturated carbocycles. The summed E-state index contributed by atoms with van der Waals surface area (Å²) >= 11 is 0. The molecule has 1 N–H and O–H groups in total. The molecule has 1 atom stereocenters. The molecule has 0 bridgehead atoms. The van der Waals surface area contributed by atoms with E-state index in [4.69, 9.17) is 4.74 Å². The summed E-state index contributed by atoms with van der Waals surface area (Å²) in [6.07, 6.45) is 5.43. The van der Waals surface area contributed by atoms with Crippen molar-refractivity contribution in [2.75, 3.05) is 40.3 Å². The van der Waals surface area contributed by atoms with Crippen LogP contribution in [-0.4, -0.2) is 67.1 Å². The number of likely N-dealkylation sites (N-methyl/N-ethyl adjacent to an activating group) is 2. The SMILES string of the molecule is CCCOc1ccc(CNC(=NC)N(C)CC2CCCN2CC)cn1. The van der Waals surface area contributed by atoms with Crippen LogP contribution < -0.4 is 10.1 Å². The number of aromatic nitrogens is 1. The number of likely N-dealkylation sites (tertiary alicyclic amines) is 1. The Morgan fingerprint density at radius 1 is 1.44 bits per heavy atom. The third-order valence-electron chi connectivity index (χ3n) is 4.67. The smallest absolute Gasteiger partial charge is 0.213 e. The predicted molar refractivity (Wildman–Crippen MR) is 103 cm³/mol. The van der Waals surface area contributed by atoms with Gasteiger partial charge in [0.1, 0.15) is 0 Å². The summed E-state index contributed by atoms with van der Waals surface area (Å²) in [5.41, 5.74) is 1.12. The third kappa shape index (κ3) is 5.88. The lowest BCUT2D eigenvalue weighted by atomic mass is 10.2. The van der Waals surface area contributed by atoms with Crippen LogP contribution in [0.4, 0.5) is 0 Å². The Morgan fingerprint density at radius 2 is 2.28 bits per heavy atom. The van der Waals surface area contributed by atoms with E-state index in [1.807, 2.05) is 25.4 Å². The molecule has 1 aliphatic heterocycles. The fourth-order valence-corrected chi connectivity index (χ4v) is 3.29. The Morgan fingerprint density at radius 3 is 2.92 bits per heavy atom. The number of rotatable bonds is 8. The second kappa shape index (κ2) is 10.2. The molecule has 0 radical (unpaired) electrons. The van der Waals surface area contributed by atoms with E-state index >= 15 is 0 Å². The van der Waals surface area contributed by atoms with Gasteiger partial charge in [-0.05, 0) is 37.9 Å². The van der Waals surface area contributed by atoms with Gasteiger partial charge >= 0.3 is 0 Å². The van der Waals surface area contributed by atoms with Crippen LogP contribution in [0, 0.1) is 0 Å². The third-order valence-corrected chi connectivity index (χ3v) is 4.67. The second-order valence-electron chi connectivity index (χ2n) is 6.56. The molecule has 1 saturated heterocycles. The standard InChI is InChI=1S/C19H33N5O/c1-5-12-25-18-10-9-16(13-21-18)14-22-19(20-3)23(4)15-17-8-7-11-24(17)6-2/h9-10,13,17H,5-8,11-12,14-15H2,1-4H3,(H,20,22). The molecule has 6 heteroatoms. The van der Waals surface area contributed by atoms with E-state index in [0.29, 0.717) is 25.1 Å². The monoisotopic (exact) mass is 347 g/mol. The number of hydrogen-bond acceptors (Lipinski definition) is 4. The predicted octanol–water partition coefficient (Wildman–Crippen LogP) is 2.36. The molecule has 0 aromatic carbocycles. The van der Waals surface area contributed by atoms with Gasteiger partial charge in [0.05, 0.1) is 6.61 Å². The number of ether oxygens (including phenoxy) is 1. The first-order valence-corrected chi connectivity index (χ1v) is 9.41. The van der Waals surface area contributed by atoms with Gasteiger partial charge in [-0.2, -0.15) is 0 Å². The minimum atomic E-state index is 0.630. The first-order valence-electron chi connectivity index (χ1n) is 9.41. The van der Waals surface area contributed by atoms with Crippen LogP contribution in [0.5, 0.6) is 5.88 Å². The maximum atomic E-state index is 5.52. The molecule has 25 heavy (non-hydrogen) atoms. The molecule has 6 nitrogen and oxygen atoms in total. The molecule has 1 aliphatic rings. The van der Waals surface area contributed by atoms with Gasteiger partial charge in [0.2, 0.25) is 5.88 Å². The fraction of sp³-hybridized carbons (Fsp3) is 0.684. The summed E-state index contributed by atoms with van der Waals surface area (Å²) < 4.78 is 5.52. The number of nitrogens with zero attached hydrogens (tertiary/aromatic N) is 4. The van der Waals surface area contributed by atoms with E-state index < -0.39 is 0 Å². The van der Waals surface area contributed by atoms with Gasteiger partial charge in [-0.25, -0.2) is 4.98 Å². The lowest BCUT2D eigenvalue weighted by Crippen LogP contribution is -2.45. The number of guanidine groups is 1. The number of aliphatic imine (C=N–C) groups is 1. The van der Waals surface area contributed by atoms with Crippen molar-refractivity contribution in [1.29, 1.82) is 0 Å². The maximum absolute atomic E-state index is 5.52. The molecule has 140 valence electrons. The van der Waals surface area contributed by atoms with E-state index in [1.54, 1.807) is 0 Å². The highest BCUT2D eigenvalue weighted by Crippen LogP contribution is 2.17. The van der Waals surface area contributed by atoms with Gasteiger partial charge < -0.3 is 15.0 Å². The van der Waals surface area contributed by atoms with Crippen molar-refractivity contribution in [3.8, 4) is 5.88 Å². The zero-order chi connectivity index (χ0) is 18.1. The van der Waals surface area contributed by atoms with E-state index in [9.17, 15) is 0 Å². The van der Waals surface area contributed by atoms with Gasteiger partial charge in [0.15, 0.2) is 5.96 Å². The summed E-state index contributed by atoms with van der Waals surface area (Å²) in [6.45, 7) is 9.10. The van der Waals surface area contributed by atoms with Crippen molar-refractivity contribution < 1.29 is 4.74 Å². The highest BCUT2D eigenvalue weighted by molar-refractivity contribution is 5.79. The van der Waals surface area contributed by atoms with Crippen LogP contribution in [0.25, 0.3) is 0 Å². The molecular weight excluding hydrogens is 314 g/mol. The highest BCUT2D eigenvalue weighted by Gasteiger charge is 2.24. The summed E-state index contributed by atoms with van der Waals surface area (Å²) in [7, 11) is 3.95. The molecule has 1 unspecified atom stereocenters. The van der Waals surface area contributed by atoms with Crippen LogP contribution in [-0.2, 0) is 6.54 Å². The summed E-state index contributed by atoms with van der Waals surface area (Å²) in [5, 5.41) is 3.43. The number of hydrogen-bond donors (Lipinski definition) is 1. The Labute approximate surface area is 152 Å². The van der Waals surface area contributed by atoms with Crippen LogP contribution in [0.1, 0.15) is 38.7 Å². The van der Waals surface area contributed by atoms with E-state index in [2.05, 4.69) is 46.0 Å². The lowest BCUT2D eigenvalue weighted by Gasteiger charge is -2.29. The van der Waals surface area contributed by atoms with E-state index in [1.165, 1.54) is 19.4 Å². The van der Waals surface area contributed by atoms with Crippen LogP contribution in [0.2, 0.25) is 0 Å². The Balaban J connectivity index is 1.83. The van der Waals surface area contributed by atoms with Crippen LogP contribution >= 0.6 is 0 Å². The van der Waals surface area contributed by atoms with Crippen molar-refractivity contribution in [2.45, 2.75) is 45.7 Å².